The fourth-order valence-electron chi connectivity index (χ4n) is 2.80. The number of carbonyl (C=O) groups excluding carboxylic acids is 1. The maximum absolute atomic E-state index is 12.4. The number of carbonyl (C=O) groups is 1. The van der Waals surface area contributed by atoms with Crippen molar-refractivity contribution in [2.24, 2.45) is 0 Å². The van der Waals surface area contributed by atoms with Crippen molar-refractivity contribution >= 4 is 22.6 Å². The average molecular weight is 397 g/mol. The molecule has 1 heterocycles. The molecule has 8 nitrogen and oxygen atoms in total. The van der Waals surface area contributed by atoms with Crippen molar-refractivity contribution in [1.82, 2.24) is 0 Å². The second kappa shape index (κ2) is 9.01. The number of benzene rings is 2. The molecule has 29 heavy (non-hydrogen) atoms. The van der Waals surface area contributed by atoms with E-state index < -0.39 is 23.1 Å². The molecular weight excluding hydrogens is 378 g/mol. The number of nitro benzene ring substituents is 1. The number of fused-ring (bicyclic) bond motifs is 1. The Morgan fingerprint density at radius 1 is 1.14 bits per heavy atom. The summed E-state index contributed by atoms with van der Waals surface area (Å²) in [7, 11) is 0. The molecule has 0 N–H and O–H groups in total. The molecule has 0 bridgehead atoms. The van der Waals surface area contributed by atoms with Crippen LogP contribution in [0.4, 0.5) is 5.69 Å². The Morgan fingerprint density at radius 3 is 2.55 bits per heavy atom. The maximum atomic E-state index is 12.4. The van der Waals surface area contributed by atoms with Gasteiger partial charge in [-0.15, -0.1) is 0 Å². The van der Waals surface area contributed by atoms with Crippen molar-refractivity contribution in [1.29, 1.82) is 0 Å². The molecule has 1 aromatic heterocycles. The van der Waals surface area contributed by atoms with Gasteiger partial charge in [-0.05, 0) is 37.1 Å². The highest BCUT2D eigenvalue weighted by atomic mass is 16.6. The standard InChI is InChI=1S/C21H19NO7/c1-2-3-6-17-20(16-7-4-5-8-18(16)28-21(17)24)29-19(23)13-27-15-11-9-14(10-12-15)22(25)26/h4-5,7-12H,2-3,6,13H2,1H3. The molecule has 0 radical (unpaired) electrons. The van der Waals surface area contributed by atoms with Gasteiger partial charge in [0.25, 0.3) is 5.69 Å². The number of hydrogen-bond acceptors (Lipinski definition) is 7. The Morgan fingerprint density at radius 2 is 1.86 bits per heavy atom. The number of non-ortho nitro benzene ring substituents is 1. The number of rotatable bonds is 8. The Kier molecular flexibility index (Phi) is 6.23. The van der Waals surface area contributed by atoms with Gasteiger partial charge in [-0.3, -0.25) is 10.1 Å². The minimum Gasteiger partial charge on any atom is -0.482 e. The van der Waals surface area contributed by atoms with E-state index in [-0.39, 0.29) is 17.2 Å². The smallest absolute Gasteiger partial charge is 0.349 e. The Hall–Kier alpha value is -3.68. The van der Waals surface area contributed by atoms with Crippen molar-refractivity contribution in [2.45, 2.75) is 26.2 Å². The van der Waals surface area contributed by atoms with Crippen molar-refractivity contribution in [3.05, 3.63) is 74.6 Å². The summed E-state index contributed by atoms with van der Waals surface area (Å²) in [4.78, 5) is 34.9. The highest BCUT2D eigenvalue weighted by Crippen LogP contribution is 2.29. The van der Waals surface area contributed by atoms with E-state index in [4.69, 9.17) is 13.9 Å². The van der Waals surface area contributed by atoms with E-state index in [0.717, 1.165) is 12.8 Å². The molecule has 8 heteroatoms. The van der Waals surface area contributed by atoms with Gasteiger partial charge in [0, 0.05) is 12.1 Å². The predicted octanol–water partition coefficient (Wildman–Crippen LogP) is 4.03. The summed E-state index contributed by atoms with van der Waals surface area (Å²) in [5.74, 6) is -0.226. The summed E-state index contributed by atoms with van der Waals surface area (Å²) in [6, 6.07) is 12.2. The molecule has 0 aliphatic rings. The van der Waals surface area contributed by atoms with Crippen LogP contribution in [0.15, 0.2) is 57.7 Å². The molecule has 0 saturated carbocycles. The van der Waals surface area contributed by atoms with E-state index in [0.29, 0.717) is 23.0 Å². The lowest BCUT2D eigenvalue weighted by Gasteiger charge is -2.12. The Labute approximate surface area is 165 Å². The van der Waals surface area contributed by atoms with Crippen LogP contribution < -0.4 is 15.1 Å². The van der Waals surface area contributed by atoms with Crippen LogP contribution in [0.25, 0.3) is 11.0 Å². The molecule has 3 rings (SSSR count). The number of para-hydroxylation sites is 1. The SMILES string of the molecule is CCCCc1c(OC(=O)COc2ccc([N+](=O)[O-])cc2)c2ccccc2oc1=O. The van der Waals surface area contributed by atoms with Gasteiger partial charge in [-0.2, -0.15) is 0 Å². The van der Waals surface area contributed by atoms with E-state index in [1.54, 1.807) is 24.3 Å². The fourth-order valence-corrected chi connectivity index (χ4v) is 2.80. The number of ether oxygens (including phenoxy) is 2. The second-order valence-electron chi connectivity index (χ2n) is 6.31. The first-order chi connectivity index (χ1) is 14.0. The van der Waals surface area contributed by atoms with Crippen LogP contribution in [0.3, 0.4) is 0 Å². The zero-order valence-electron chi connectivity index (χ0n) is 15.8. The minimum absolute atomic E-state index is 0.0806. The van der Waals surface area contributed by atoms with Crippen LogP contribution in [-0.4, -0.2) is 17.5 Å². The Bertz CT molecular complexity index is 1090. The second-order valence-corrected chi connectivity index (χ2v) is 6.31. The van der Waals surface area contributed by atoms with Gasteiger partial charge >= 0.3 is 11.6 Å². The molecule has 0 spiro atoms. The average Bonchev–Trinajstić information content (AvgIpc) is 2.72. The molecule has 150 valence electrons. The summed E-state index contributed by atoms with van der Waals surface area (Å²) in [6.45, 7) is 1.58. The molecule has 0 amide bonds. The number of hydrogen-bond donors (Lipinski definition) is 0. The van der Waals surface area contributed by atoms with E-state index in [1.165, 1.54) is 24.3 Å². The minimum atomic E-state index is -0.697. The van der Waals surface area contributed by atoms with E-state index in [9.17, 15) is 19.7 Å². The molecule has 0 aliphatic heterocycles. The number of nitro groups is 1. The maximum Gasteiger partial charge on any atom is 0.349 e. The zero-order chi connectivity index (χ0) is 20.8. The summed E-state index contributed by atoms with van der Waals surface area (Å²) in [5, 5.41) is 11.2. The molecular formula is C21H19NO7. The fraction of sp³-hybridized carbons (Fsp3) is 0.238. The first kappa shape index (κ1) is 20.1. The lowest BCUT2D eigenvalue weighted by molar-refractivity contribution is -0.384. The predicted molar refractivity (Wildman–Crippen MR) is 105 cm³/mol. The van der Waals surface area contributed by atoms with Gasteiger partial charge in [0.05, 0.1) is 15.9 Å². The van der Waals surface area contributed by atoms with Gasteiger partial charge in [0.15, 0.2) is 12.4 Å². The number of esters is 1. The third-order valence-corrected chi connectivity index (χ3v) is 4.26. The first-order valence-electron chi connectivity index (χ1n) is 9.12. The summed E-state index contributed by atoms with van der Waals surface area (Å²) in [5.41, 5.74) is 0.0327. The quantitative estimate of drug-likeness (QED) is 0.244. The highest BCUT2D eigenvalue weighted by Gasteiger charge is 2.19. The third kappa shape index (κ3) is 4.78. The van der Waals surface area contributed by atoms with Gasteiger partial charge in [-0.25, -0.2) is 9.59 Å². The molecule has 0 saturated heterocycles. The molecule has 2 aromatic carbocycles. The first-order valence-corrected chi connectivity index (χ1v) is 9.12. The van der Waals surface area contributed by atoms with Gasteiger partial charge in [0.1, 0.15) is 11.3 Å². The largest absolute Gasteiger partial charge is 0.482 e. The van der Waals surface area contributed by atoms with Crippen LogP contribution >= 0.6 is 0 Å². The van der Waals surface area contributed by atoms with Crippen LogP contribution in [0.2, 0.25) is 0 Å². The van der Waals surface area contributed by atoms with Gasteiger partial charge in [0.2, 0.25) is 0 Å². The normalized spacial score (nSPS) is 10.7. The highest BCUT2D eigenvalue weighted by molar-refractivity contribution is 5.87. The Balaban J connectivity index is 1.79. The molecule has 3 aromatic rings. The monoisotopic (exact) mass is 397 g/mol. The van der Waals surface area contributed by atoms with Crippen molar-refractivity contribution < 1.29 is 23.6 Å². The van der Waals surface area contributed by atoms with Crippen LogP contribution in [0.1, 0.15) is 25.3 Å². The molecule has 0 fully saturated rings. The van der Waals surface area contributed by atoms with Gasteiger partial charge in [-0.1, -0.05) is 25.5 Å². The van der Waals surface area contributed by atoms with E-state index >= 15 is 0 Å². The zero-order valence-corrected chi connectivity index (χ0v) is 15.8. The van der Waals surface area contributed by atoms with Gasteiger partial charge < -0.3 is 13.9 Å². The number of nitrogens with zero attached hydrogens (tertiary/aromatic N) is 1. The summed E-state index contributed by atoms with van der Waals surface area (Å²) < 4.78 is 16.2. The summed E-state index contributed by atoms with van der Waals surface area (Å²) in [6.07, 6.45) is 2.03. The van der Waals surface area contributed by atoms with Crippen LogP contribution in [-0.2, 0) is 11.2 Å². The van der Waals surface area contributed by atoms with Crippen LogP contribution in [0.5, 0.6) is 11.5 Å². The van der Waals surface area contributed by atoms with Crippen LogP contribution in [0, 0.1) is 10.1 Å². The molecule has 0 aliphatic carbocycles. The van der Waals surface area contributed by atoms with Crippen molar-refractivity contribution in [3.8, 4) is 11.5 Å². The molecule has 0 unspecified atom stereocenters. The summed E-state index contributed by atoms with van der Waals surface area (Å²) >= 11 is 0. The third-order valence-electron chi connectivity index (χ3n) is 4.26. The van der Waals surface area contributed by atoms with E-state index in [1.807, 2.05) is 6.92 Å². The topological polar surface area (TPSA) is 109 Å². The molecule has 0 atom stereocenters. The van der Waals surface area contributed by atoms with E-state index in [2.05, 4.69) is 0 Å². The lowest BCUT2D eigenvalue weighted by Crippen LogP contribution is -2.20. The van der Waals surface area contributed by atoms with Crippen molar-refractivity contribution in [2.75, 3.05) is 6.61 Å². The number of unbranched alkanes of at least 4 members (excludes halogenated alkanes) is 1. The lowest BCUT2D eigenvalue weighted by atomic mass is 10.1. The van der Waals surface area contributed by atoms with Crippen molar-refractivity contribution in [3.63, 3.8) is 0 Å².